The first-order chi connectivity index (χ1) is 31.5. The molecular formula is C58H109NO5. The van der Waals surface area contributed by atoms with Gasteiger partial charge in [-0.3, -0.25) is 9.59 Å². The highest BCUT2D eigenvalue weighted by Crippen LogP contribution is 2.16. The van der Waals surface area contributed by atoms with Crippen molar-refractivity contribution < 1.29 is 24.5 Å². The highest BCUT2D eigenvalue weighted by molar-refractivity contribution is 5.76. The molecule has 376 valence electrons. The van der Waals surface area contributed by atoms with Gasteiger partial charge in [-0.05, 0) is 83.5 Å². The molecule has 0 aromatic carbocycles. The minimum Gasteiger partial charge on any atom is -0.466 e. The third kappa shape index (κ3) is 49.5. The van der Waals surface area contributed by atoms with Gasteiger partial charge in [0.25, 0.3) is 0 Å². The van der Waals surface area contributed by atoms with E-state index >= 15 is 0 Å². The number of hydrogen-bond acceptors (Lipinski definition) is 5. The van der Waals surface area contributed by atoms with Gasteiger partial charge >= 0.3 is 5.97 Å². The molecule has 0 rings (SSSR count). The summed E-state index contributed by atoms with van der Waals surface area (Å²) in [6.07, 6.45) is 65.5. The van der Waals surface area contributed by atoms with E-state index in [1.165, 1.54) is 205 Å². The van der Waals surface area contributed by atoms with Crippen LogP contribution >= 0.6 is 0 Å². The van der Waals surface area contributed by atoms with E-state index in [1.807, 2.05) is 0 Å². The molecule has 0 aliphatic heterocycles. The molecule has 0 spiro atoms. The first kappa shape index (κ1) is 62.1. The first-order valence-corrected chi connectivity index (χ1v) is 28.2. The molecule has 0 saturated heterocycles. The number of esters is 1. The van der Waals surface area contributed by atoms with Gasteiger partial charge in [0, 0.05) is 12.8 Å². The number of unbranched alkanes of at least 4 members (excludes halogenated alkanes) is 35. The Morgan fingerprint density at radius 3 is 1.23 bits per heavy atom. The van der Waals surface area contributed by atoms with Crippen molar-refractivity contribution in [2.75, 3.05) is 13.2 Å². The number of carbonyl (C=O) groups is 2. The van der Waals surface area contributed by atoms with E-state index in [4.69, 9.17) is 4.74 Å². The molecule has 3 N–H and O–H groups in total. The lowest BCUT2D eigenvalue weighted by atomic mass is 10.0. The van der Waals surface area contributed by atoms with Crippen LogP contribution in [0, 0.1) is 0 Å². The van der Waals surface area contributed by atoms with Crippen LogP contribution in [0.3, 0.4) is 0 Å². The van der Waals surface area contributed by atoms with Crippen molar-refractivity contribution in [3.8, 4) is 0 Å². The third-order valence-electron chi connectivity index (χ3n) is 12.9. The van der Waals surface area contributed by atoms with Crippen LogP contribution < -0.4 is 5.32 Å². The van der Waals surface area contributed by atoms with Gasteiger partial charge in [-0.25, -0.2) is 0 Å². The molecule has 0 saturated carbocycles. The second kappa shape index (κ2) is 53.7. The van der Waals surface area contributed by atoms with Gasteiger partial charge in [0.2, 0.25) is 5.91 Å². The number of rotatable bonds is 52. The molecule has 0 radical (unpaired) electrons. The second-order valence-corrected chi connectivity index (χ2v) is 19.3. The molecule has 0 heterocycles. The Bertz CT molecular complexity index is 1040. The second-order valence-electron chi connectivity index (χ2n) is 19.3. The maximum Gasteiger partial charge on any atom is 0.305 e. The molecule has 0 aromatic rings. The number of amides is 1. The number of allylic oxidation sites excluding steroid dienone is 6. The summed E-state index contributed by atoms with van der Waals surface area (Å²) in [5, 5.41) is 23.2. The Balaban J connectivity index is 3.44. The molecule has 2 unspecified atom stereocenters. The lowest BCUT2D eigenvalue weighted by molar-refractivity contribution is -0.143. The van der Waals surface area contributed by atoms with Crippen LogP contribution in [0.4, 0.5) is 0 Å². The van der Waals surface area contributed by atoms with Crippen molar-refractivity contribution in [2.24, 2.45) is 0 Å². The summed E-state index contributed by atoms with van der Waals surface area (Å²) in [6, 6.07) is -0.548. The molecule has 6 heteroatoms. The molecule has 1 amide bonds. The molecule has 0 bridgehead atoms. The SMILES string of the molecule is CCCCC/C=C\C/C=C\CCCCCCCC(=O)OCCCCCCCCCC/C=C\CCCCCCCCCC(=O)NC(CO)C(O)CCCCCCCCCCCCCCC. The Kier molecular flexibility index (Phi) is 52.1. The summed E-state index contributed by atoms with van der Waals surface area (Å²) in [4.78, 5) is 24.5. The highest BCUT2D eigenvalue weighted by Gasteiger charge is 2.20. The third-order valence-corrected chi connectivity index (χ3v) is 12.9. The molecule has 0 aromatic heterocycles. The van der Waals surface area contributed by atoms with Crippen LogP contribution in [-0.4, -0.2) is 47.4 Å². The smallest absolute Gasteiger partial charge is 0.305 e. The van der Waals surface area contributed by atoms with E-state index in [0.717, 1.165) is 57.8 Å². The Morgan fingerprint density at radius 2 is 0.781 bits per heavy atom. The van der Waals surface area contributed by atoms with E-state index in [1.54, 1.807) is 0 Å². The predicted octanol–water partition coefficient (Wildman–Crippen LogP) is 17.2. The quantitative estimate of drug-likeness (QED) is 0.0321. The monoisotopic (exact) mass is 900 g/mol. The summed E-state index contributed by atoms with van der Waals surface area (Å²) in [5.41, 5.74) is 0. The predicted molar refractivity (Wildman–Crippen MR) is 278 cm³/mol. The van der Waals surface area contributed by atoms with E-state index in [2.05, 4.69) is 55.6 Å². The summed E-state index contributed by atoms with van der Waals surface area (Å²) in [6.45, 7) is 4.91. The summed E-state index contributed by atoms with van der Waals surface area (Å²) < 4.78 is 5.46. The fourth-order valence-corrected chi connectivity index (χ4v) is 8.55. The van der Waals surface area contributed by atoms with E-state index in [-0.39, 0.29) is 18.5 Å². The Morgan fingerprint density at radius 1 is 0.438 bits per heavy atom. The molecule has 6 nitrogen and oxygen atoms in total. The summed E-state index contributed by atoms with van der Waals surface area (Å²) in [5.74, 6) is -0.0555. The average Bonchev–Trinajstić information content (AvgIpc) is 3.29. The van der Waals surface area contributed by atoms with E-state index in [0.29, 0.717) is 25.9 Å². The zero-order valence-electron chi connectivity index (χ0n) is 42.8. The lowest BCUT2D eigenvalue weighted by Crippen LogP contribution is -2.45. The fourth-order valence-electron chi connectivity index (χ4n) is 8.55. The Labute approximate surface area is 398 Å². The fraction of sp³-hybridized carbons (Fsp3) is 0.862. The average molecular weight is 901 g/mol. The van der Waals surface area contributed by atoms with Crippen molar-refractivity contribution in [3.63, 3.8) is 0 Å². The van der Waals surface area contributed by atoms with E-state index in [9.17, 15) is 19.8 Å². The van der Waals surface area contributed by atoms with Gasteiger partial charge in [-0.1, -0.05) is 237 Å². The largest absolute Gasteiger partial charge is 0.466 e. The molecule has 2 atom stereocenters. The van der Waals surface area contributed by atoms with E-state index < -0.39 is 12.1 Å². The maximum atomic E-state index is 12.4. The van der Waals surface area contributed by atoms with Crippen LogP contribution in [-0.2, 0) is 14.3 Å². The van der Waals surface area contributed by atoms with Gasteiger partial charge in [-0.2, -0.15) is 0 Å². The van der Waals surface area contributed by atoms with Gasteiger partial charge in [0.05, 0.1) is 25.4 Å². The molecule has 64 heavy (non-hydrogen) atoms. The zero-order valence-corrected chi connectivity index (χ0v) is 42.8. The minimum atomic E-state index is -0.670. The number of ether oxygens (including phenoxy) is 1. The standard InChI is InChI=1S/C58H109NO5/c1-3-5-7-9-11-13-15-17-23-28-32-36-40-44-48-52-58(63)64-53-49-45-41-37-33-29-25-22-20-18-19-21-24-27-31-35-39-43-47-51-57(62)59-55(54-60)56(61)50-46-42-38-34-30-26-16-14-12-10-8-6-4-2/h11,13,17-19,23,55-56,60-61H,3-10,12,14-16,20-22,24-54H2,1-2H3,(H,59,62)/b13-11-,19-18-,23-17-. The van der Waals surface area contributed by atoms with Crippen LogP contribution in [0.15, 0.2) is 36.5 Å². The number of nitrogens with one attached hydrogen (secondary N) is 1. The number of aliphatic hydroxyl groups is 2. The van der Waals surface area contributed by atoms with Crippen molar-refractivity contribution in [3.05, 3.63) is 36.5 Å². The van der Waals surface area contributed by atoms with Crippen LogP contribution in [0.5, 0.6) is 0 Å². The van der Waals surface area contributed by atoms with Gasteiger partial charge in [0.1, 0.15) is 0 Å². The molecule has 0 aliphatic carbocycles. The molecular weight excluding hydrogens is 791 g/mol. The minimum absolute atomic E-state index is 0.0103. The summed E-state index contributed by atoms with van der Waals surface area (Å²) >= 11 is 0. The number of aliphatic hydroxyl groups excluding tert-OH is 2. The molecule has 0 aliphatic rings. The van der Waals surface area contributed by atoms with Crippen LogP contribution in [0.2, 0.25) is 0 Å². The van der Waals surface area contributed by atoms with Gasteiger partial charge in [-0.15, -0.1) is 0 Å². The molecule has 0 fully saturated rings. The highest BCUT2D eigenvalue weighted by atomic mass is 16.5. The number of carbonyl (C=O) groups excluding carboxylic acids is 2. The zero-order chi connectivity index (χ0) is 46.5. The lowest BCUT2D eigenvalue weighted by Gasteiger charge is -2.22. The Hall–Kier alpha value is -1.92. The van der Waals surface area contributed by atoms with Crippen LogP contribution in [0.1, 0.15) is 296 Å². The van der Waals surface area contributed by atoms with Crippen molar-refractivity contribution in [2.45, 2.75) is 309 Å². The topological polar surface area (TPSA) is 95.9 Å². The summed E-state index contributed by atoms with van der Waals surface area (Å²) in [7, 11) is 0. The normalized spacial score (nSPS) is 12.9. The maximum absolute atomic E-state index is 12.4. The van der Waals surface area contributed by atoms with Gasteiger partial charge in [0.15, 0.2) is 0 Å². The van der Waals surface area contributed by atoms with Crippen molar-refractivity contribution >= 4 is 11.9 Å². The first-order valence-electron chi connectivity index (χ1n) is 28.2. The van der Waals surface area contributed by atoms with Crippen molar-refractivity contribution in [1.29, 1.82) is 0 Å². The van der Waals surface area contributed by atoms with Crippen LogP contribution in [0.25, 0.3) is 0 Å². The van der Waals surface area contributed by atoms with Gasteiger partial charge < -0.3 is 20.3 Å². The number of hydrogen-bond donors (Lipinski definition) is 3. The van der Waals surface area contributed by atoms with Crippen molar-refractivity contribution in [1.82, 2.24) is 5.32 Å².